The highest BCUT2D eigenvalue weighted by molar-refractivity contribution is 5.83. The second kappa shape index (κ2) is 9.34. The van der Waals surface area contributed by atoms with Crippen LogP contribution in [0.1, 0.15) is 61.3 Å². The molecule has 3 nitrogen and oxygen atoms in total. The van der Waals surface area contributed by atoms with Gasteiger partial charge in [-0.15, -0.1) is 0 Å². The molecular formula is C27H36N2O. The van der Waals surface area contributed by atoms with Crippen LogP contribution < -0.4 is 4.90 Å². The summed E-state index contributed by atoms with van der Waals surface area (Å²) < 4.78 is 0. The quantitative estimate of drug-likeness (QED) is 0.569. The number of benzene rings is 2. The van der Waals surface area contributed by atoms with Crippen molar-refractivity contribution in [2.75, 3.05) is 31.1 Å². The molecule has 0 spiro atoms. The summed E-state index contributed by atoms with van der Waals surface area (Å²) in [6, 6.07) is 16.2. The number of unbranched alkanes of at least 4 members (excludes halogenated alkanes) is 1. The van der Waals surface area contributed by atoms with Gasteiger partial charge < -0.3 is 9.80 Å². The van der Waals surface area contributed by atoms with Crippen LogP contribution >= 0.6 is 0 Å². The summed E-state index contributed by atoms with van der Waals surface area (Å²) in [4.78, 5) is 17.1. The van der Waals surface area contributed by atoms with Gasteiger partial charge in [0.1, 0.15) is 5.78 Å². The number of hydrogen-bond acceptors (Lipinski definition) is 3. The molecule has 0 bridgehead atoms. The van der Waals surface area contributed by atoms with Gasteiger partial charge in [-0.3, -0.25) is 4.79 Å². The van der Waals surface area contributed by atoms with Crippen LogP contribution in [0, 0.1) is 6.92 Å². The minimum absolute atomic E-state index is 0.269. The van der Waals surface area contributed by atoms with Crippen LogP contribution in [0.4, 0.5) is 5.69 Å². The third-order valence-electron chi connectivity index (χ3n) is 6.98. The van der Waals surface area contributed by atoms with Crippen LogP contribution in [0.25, 0.3) is 0 Å². The number of anilines is 1. The van der Waals surface area contributed by atoms with Gasteiger partial charge in [-0.05, 0) is 69.2 Å². The lowest BCUT2D eigenvalue weighted by Gasteiger charge is -2.39. The minimum Gasteiger partial charge on any atom is -0.360 e. The average Bonchev–Trinajstić information content (AvgIpc) is 3.05. The van der Waals surface area contributed by atoms with E-state index in [4.69, 9.17) is 0 Å². The molecule has 0 amide bonds. The summed E-state index contributed by atoms with van der Waals surface area (Å²) in [5, 5.41) is 0. The summed E-state index contributed by atoms with van der Waals surface area (Å²) in [5.41, 5.74) is 7.03. The Bertz CT molecular complexity index is 873. The number of hydrogen-bond donors (Lipinski definition) is 0. The van der Waals surface area contributed by atoms with Crippen molar-refractivity contribution >= 4 is 11.5 Å². The largest absolute Gasteiger partial charge is 0.360 e. The highest BCUT2D eigenvalue weighted by Gasteiger charge is 2.42. The lowest BCUT2D eigenvalue weighted by Crippen LogP contribution is -2.47. The van der Waals surface area contributed by atoms with Crippen molar-refractivity contribution in [3.8, 4) is 0 Å². The third-order valence-corrected chi connectivity index (χ3v) is 6.98. The maximum atomic E-state index is 12.0. The molecule has 0 aliphatic carbocycles. The zero-order chi connectivity index (χ0) is 21.1. The van der Waals surface area contributed by atoms with Gasteiger partial charge in [-0.25, -0.2) is 0 Å². The normalized spacial score (nSPS) is 20.8. The number of fused-ring (bicyclic) bond motifs is 3. The highest BCUT2D eigenvalue weighted by atomic mass is 16.1. The molecule has 0 saturated carbocycles. The van der Waals surface area contributed by atoms with Crippen molar-refractivity contribution in [3.63, 3.8) is 0 Å². The fraction of sp³-hybridized carbons (Fsp3) is 0.519. The number of aryl methyl sites for hydroxylation is 3. The third kappa shape index (κ3) is 4.46. The Morgan fingerprint density at radius 2 is 1.90 bits per heavy atom. The Balaban J connectivity index is 1.38. The first-order valence-corrected chi connectivity index (χ1v) is 11.7. The maximum Gasteiger partial charge on any atom is 0.149 e. The number of Topliss-reactive ketones (excluding diaryl/α,β-unsaturated/α-hetero) is 1. The van der Waals surface area contributed by atoms with Crippen molar-refractivity contribution in [2.24, 2.45) is 0 Å². The molecule has 2 heterocycles. The molecule has 0 aromatic heterocycles. The van der Waals surface area contributed by atoms with Crippen molar-refractivity contribution in [3.05, 3.63) is 64.7 Å². The molecule has 0 N–H and O–H groups in total. The Kier molecular flexibility index (Phi) is 6.58. The molecule has 1 saturated heterocycles. The summed E-state index contributed by atoms with van der Waals surface area (Å²) in [5.74, 6) is 0.808. The molecule has 160 valence electrons. The van der Waals surface area contributed by atoms with Crippen molar-refractivity contribution in [2.45, 2.75) is 64.8 Å². The predicted octanol–water partition coefficient (Wildman–Crippen LogP) is 5.15. The van der Waals surface area contributed by atoms with Crippen LogP contribution in [-0.2, 0) is 17.6 Å². The van der Waals surface area contributed by atoms with Gasteiger partial charge in [0, 0.05) is 30.7 Å². The standard InChI is InChI=1S/C27H36N2O/c1-4-23-9-7-10-24-25-19-28(16-6-5-8-22-13-11-20(2)12-14-22)17-15-26(25)29(27(23)24)18-21(3)30/h7,9-14,25-26H,4-6,8,15-19H2,1-3H3. The topological polar surface area (TPSA) is 23.6 Å². The maximum absolute atomic E-state index is 12.0. The highest BCUT2D eigenvalue weighted by Crippen LogP contribution is 2.46. The molecule has 2 aromatic rings. The average molecular weight is 405 g/mol. The SMILES string of the molecule is CCc1cccc2c1N(CC(C)=O)C1CCN(CCCCc3ccc(C)cc3)CC21. The van der Waals surface area contributed by atoms with Gasteiger partial charge in [0.15, 0.2) is 0 Å². The molecule has 30 heavy (non-hydrogen) atoms. The van der Waals surface area contributed by atoms with Crippen LogP contribution in [0.3, 0.4) is 0 Å². The first-order valence-electron chi connectivity index (χ1n) is 11.7. The van der Waals surface area contributed by atoms with Crippen LogP contribution in [-0.4, -0.2) is 42.9 Å². The van der Waals surface area contributed by atoms with Crippen molar-refractivity contribution in [1.82, 2.24) is 4.90 Å². The van der Waals surface area contributed by atoms with E-state index in [1.165, 1.54) is 53.7 Å². The molecule has 2 aromatic carbocycles. The van der Waals surface area contributed by atoms with Crippen molar-refractivity contribution in [1.29, 1.82) is 0 Å². The molecule has 2 aliphatic rings. The zero-order valence-corrected chi connectivity index (χ0v) is 18.9. The zero-order valence-electron chi connectivity index (χ0n) is 18.9. The van der Waals surface area contributed by atoms with Crippen LogP contribution in [0.15, 0.2) is 42.5 Å². The fourth-order valence-electron chi connectivity index (χ4n) is 5.46. The molecule has 2 aliphatic heterocycles. The number of piperidine rings is 1. The lowest BCUT2D eigenvalue weighted by atomic mass is 9.88. The van der Waals surface area contributed by atoms with E-state index in [1.54, 1.807) is 6.92 Å². The number of para-hydroxylation sites is 1. The molecule has 2 atom stereocenters. The summed E-state index contributed by atoms with van der Waals surface area (Å²) >= 11 is 0. The predicted molar refractivity (Wildman–Crippen MR) is 126 cm³/mol. The first kappa shape index (κ1) is 21.1. The molecular weight excluding hydrogens is 368 g/mol. The molecule has 1 fully saturated rings. The Morgan fingerprint density at radius 3 is 2.63 bits per heavy atom. The number of carbonyl (C=O) groups excluding carboxylic acids is 1. The van der Waals surface area contributed by atoms with E-state index in [2.05, 4.69) is 66.1 Å². The molecule has 4 rings (SSSR count). The Morgan fingerprint density at radius 1 is 1.10 bits per heavy atom. The Hall–Kier alpha value is -2.13. The van der Waals surface area contributed by atoms with Crippen LogP contribution in [0.5, 0.6) is 0 Å². The van der Waals surface area contributed by atoms with Gasteiger partial charge >= 0.3 is 0 Å². The van der Waals surface area contributed by atoms with E-state index in [1.807, 2.05) is 0 Å². The number of nitrogens with zero attached hydrogens (tertiary/aromatic N) is 2. The number of rotatable bonds is 8. The van der Waals surface area contributed by atoms with E-state index in [9.17, 15) is 4.79 Å². The number of carbonyl (C=O) groups is 1. The van der Waals surface area contributed by atoms with Crippen LogP contribution in [0.2, 0.25) is 0 Å². The molecule has 0 radical (unpaired) electrons. The van der Waals surface area contributed by atoms with E-state index in [0.717, 1.165) is 25.9 Å². The van der Waals surface area contributed by atoms with Gasteiger partial charge in [0.2, 0.25) is 0 Å². The van der Waals surface area contributed by atoms with E-state index in [0.29, 0.717) is 18.5 Å². The van der Waals surface area contributed by atoms with Gasteiger partial charge in [-0.2, -0.15) is 0 Å². The minimum atomic E-state index is 0.269. The smallest absolute Gasteiger partial charge is 0.149 e. The lowest BCUT2D eigenvalue weighted by molar-refractivity contribution is -0.115. The van der Waals surface area contributed by atoms with Crippen molar-refractivity contribution < 1.29 is 4.79 Å². The Labute approximate surface area is 182 Å². The molecule has 3 heteroatoms. The van der Waals surface area contributed by atoms with Gasteiger partial charge in [0.05, 0.1) is 6.54 Å². The fourth-order valence-corrected chi connectivity index (χ4v) is 5.46. The van der Waals surface area contributed by atoms with E-state index >= 15 is 0 Å². The van der Waals surface area contributed by atoms with E-state index < -0.39 is 0 Å². The summed E-state index contributed by atoms with van der Waals surface area (Å²) in [7, 11) is 0. The first-order chi connectivity index (χ1) is 14.6. The second-order valence-corrected chi connectivity index (χ2v) is 9.24. The number of ketones is 1. The van der Waals surface area contributed by atoms with Gasteiger partial charge in [-0.1, -0.05) is 55.0 Å². The monoisotopic (exact) mass is 404 g/mol. The summed E-state index contributed by atoms with van der Waals surface area (Å²) in [6.07, 6.45) is 5.87. The second-order valence-electron chi connectivity index (χ2n) is 9.24. The van der Waals surface area contributed by atoms with Gasteiger partial charge in [0.25, 0.3) is 0 Å². The molecule has 2 unspecified atom stereocenters. The van der Waals surface area contributed by atoms with E-state index in [-0.39, 0.29) is 5.78 Å². The number of likely N-dealkylation sites (tertiary alicyclic amines) is 1. The summed E-state index contributed by atoms with van der Waals surface area (Å²) in [6.45, 7) is 10.1.